The molecule has 7 nitrogen and oxygen atoms in total. The zero-order chi connectivity index (χ0) is 18.0. The van der Waals surface area contributed by atoms with Crippen LogP contribution in [0.3, 0.4) is 0 Å². The number of likely N-dealkylation sites (N-methyl/N-ethyl adjacent to an activating group) is 1. The van der Waals surface area contributed by atoms with Gasteiger partial charge >= 0.3 is 0 Å². The molecule has 1 aliphatic rings. The Kier molecular flexibility index (Phi) is 4.83. The first kappa shape index (κ1) is 17.1. The van der Waals surface area contributed by atoms with E-state index in [1.54, 1.807) is 41.0 Å². The number of carbonyl (C=O) groups is 2. The molecule has 1 aliphatic heterocycles. The number of hydrogen-bond donors (Lipinski definition) is 0. The fourth-order valence-electron chi connectivity index (χ4n) is 3.03. The third-order valence-corrected chi connectivity index (χ3v) is 4.57. The van der Waals surface area contributed by atoms with Gasteiger partial charge in [-0.1, -0.05) is 6.07 Å². The van der Waals surface area contributed by atoms with Gasteiger partial charge in [0.2, 0.25) is 5.91 Å². The van der Waals surface area contributed by atoms with Gasteiger partial charge < -0.3 is 9.80 Å². The van der Waals surface area contributed by atoms with Gasteiger partial charge in [0.25, 0.3) is 5.91 Å². The number of nitrogens with zero attached hydrogens (tertiary/aromatic N) is 5. The molecule has 132 valence electrons. The van der Waals surface area contributed by atoms with E-state index in [1.807, 2.05) is 25.1 Å². The highest BCUT2D eigenvalue weighted by molar-refractivity contribution is 5.96. The average molecular weight is 341 g/mol. The molecule has 1 fully saturated rings. The fraction of sp³-hybridized carbons (Fsp3) is 0.444. The highest BCUT2D eigenvalue weighted by atomic mass is 16.2. The summed E-state index contributed by atoms with van der Waals surface area (Å²) in [4.78, 5) is 32.6. The van der Waals surface area contributed by atoms with Gasteiger partial charge in [-0.25, -0.2) is 0 Å². The highest BCUT2D eigenvalue weighted by Crippen LogP contribution is 2.21. The first-order valence-corrected chi connectivity index (χ1v) is 8.40. The van der Waals surface area contributed by atoms with Gasteiger partial charge in [0, 0.05) is 58.2 Å². The Morgan fingerprint density at radius 1 is 1.32 bits per heavy atom. The van der Waals surface area contributed by atoms with Gasteiger partial charge in [-0.3, -0.25) is 19.3 Å². The lowest BCUT2D eigenvalue weighted by molar-refractivity contribution is -0.138. The molecular formula is C18H23N5O2. The predicted octanol–water partition coefficient (Wildman–Crippen LogP) is 0.897. The van der Waals surface area contributed by atoms with E-state index in [9.17, 15) is 9.59 Å². The third-order valence-electron chi connectivity index (χ3n) is 4.57. The standard InChI is InChI=1S/C18H23N5O2/c1-13-16(12-22(3)20-13)18(25)23-10-14(11-23)17(24)21(2)9-7-15-6-4-5-8-19-15/h4-6,8,12,14H,7,9-11H2,1-3H3. The summed E-state index contributed by atoms with van der Waals surface area (Å²) in [6, 6.07) is 5.78. The number of carbonyl (C=O) groups excluding carboxylic acids is 2. The second kappa shape index (κ2) is 7.04. The van der Waals surface area contributed by atoms with Gasteiger partial charge in [0.15, 0.2) is 0 Å². The predicted molar refractivity (Wildman–Crippen MR) is 92.9 cm³/mol. The van der Waals surface area contributed by atoms with Crippen LogP contribution in [0.1, 0.15) is 21.7 Å². The van der Waals surface area contributed by atoms with Crippen LogP contribution in [0.4, 0.5) is 0 Å². The van der Waals surface area contributed by atoms with E-state index < -0.39 is 0 Å². The Bertz CT molecular complexity index is 765. The van der Waals surface area contributed by atoms with Crippen LogP contribution >= 0.6 is 0 Å². The summed E-state index contributed by atoms with van der Waals surface area (Å²) < 4.78 is 1.64. The van der Waals surface area contributed by atoms with Crippen molar-refractivity contribution >= 4 is 11.8 Å². The van der Waals surface area contributed by atoms with Crippen LogP contribution in [0.5, 0.6) is 0 Å². The highest BCUT2D eigenvalue weighted by Gasteiger charge is 2.38. The van der Waals surface area contributed by atoms with Gasteiger partial charge in [-0.2, -0.15) is 5.10 Å². The van der Waals surface area contributed by atoms with Crippen molar-refractivity contribution in [3.8, 4) is 0 Å². The molecule has 2 aromatic heterocycles. The SMILES string of the molecule is Cc1nn(C)cc1C(=O)N1CC(C(=O)N(C)CCc2ccccn2)C1. The number of likely N-dealkylation sites (tertiary alicyclic amines) is 1. The molecule has 0 radical (unpaired) electrons. The number of hydrogen-bond acceptors (Lipinski definition) is 4. The molecule has 1 saturated heterocycles. The van der Waals surface area contributed by atoms with Crippen molar-refractivity contribution in [1.82, 2.24) is 24.6 Å². The smallest absolute Gasteiger partial charge is 0.257 e. The number of aromatic nitrogens is 3. The van der Waals surface area contributed by atoms with Crippen molar-refractivity contribution < 1.29 is 9.59 Å². The lowest BCUT2D eigenvalue weighted by Crippen LogP contribution is -2.56. The Hall–Kier alpha value is -2.70. The molecule has 0 N–H and O–H groups in total. The largest absolute Gasteiger partial charge is 0.345 e. The molecule has 2 aromatic rings. The minimum atomic E-state index is -0.116. The monoisotopic (exact) mass is 341 g/mol. The second-order valence-corrected chi connectivity index (χ2v) is 6.54. The van der Waals surface area contributed by atoms with Crippen molar-refractivity contribution in [3.05, 3.63) is 47.5 Å². The van der Waals surface area contributed by atoms with Gasteiger partial charge in [-0.15, -0.1) is 0 Å². The summed E-state index contributed by atoms with van der Waals surface area (Å²) in [5.41, 5.74) is 2.30. The van der Waals surface area contributed by atoms with E-state index in [0.717, 1.165) is 17.8 Å². The van der Waals surface area contributed by atoms with Crippen molar-refractivity contribution in [2.75, 3.05) is 26.7 Å². The molecule has 25 heavy (non-hydrogen) atoms. The van der Waals surface area contributed by atoms with E-state index in [2.05, 4.69) is 10.1 Å². The summed E-state index contributed by atoms with van der Waals surface area (Å²) in [5.74, 6) is -0.0802. The van der Waals surface area contributed by atoms with Crippen LogP contribution < -0.4 is 0 Å². The van der Waals surface area contributed by atoms with Gasteiger partial charge in [0.1, 0.15) is 0 Å². The van der Waals surface area contributed by atoms with Crippen LogP contribution in [0.15, 0.2) is 30.6 Å². The molecule has 2 amide bonds. The van der Waals surface area contributed by atoms with Gasteiger partial charge in [0.05, 0.1) is 17.2 Å². The first-order valence-electron chi connectivity index (χ1n) is 8.40. The molecule has 7 heteroatoms. The van der Waals surface area contributed by atoms with Crippen molar-refractivity contribution in [2.24, 2.45) is 13.0 Å². The minimum absolute atomic E-state index is 0.0502. The van der Waals surface area contributed by atoms with Crippen molar-refractivity contribution in [1.29, 1.82) is 0 Å². The average Bonchev–Trinajstić information content (AvgIpc) is 2.90. The van der Waals surface area contributed by atoms with E-state index >= 15 is 0 Å². The summed E-state index contributed by atoms with van der Waals surface area (Å²) >= 11 is 0. The molecular weight excluding hydrogens is 318 g/mol. The quantitative estimate of drug-likeness (QED) is 0.810. The number of aryl methyl sites for hydroxylation is 2. The molecule has 0 saturated carbocycles. The lowest BCUT2D eigenvalue weighted by atomic mass is 9.97. The van der Waals surface area contributed by atoms with E-state index in [0.29, 0.717) is 25.2 Å². The van der Waals surface area contributed by atoms with Crippen LogP contribution in [-0.2, 0) is 18.3 Å². The third kappa shape index (κ3) is 3.70. The van der Waals surface area contributed by atoms with Crippen molar-refractivity contribution in [2.45, 2.75) is 13.3 Å². The Morgan fingerprint density at radius 3 is 2.68 bits per heavy atom. The maximum Gasteiger partial charge on any atom is 0.257 e. The molecule has 3 rings (SSSR count). The number of amides is 2. The summed E-state index contributed by atoms with van der Waals surface area (Å²) in [7, 11) is 3.60. The topological polar surface area (TPSA) is 71.3 Å². The number of pyridine rings is 1. The van der Waals surface area contributed by atoms with Gasteiger partial charge in [-0.05, 0) is 19.1 Å². The molecule has 0 atom stereocenters. The zero-order valence-corrected chi connectivity index (χ0v) is 14.8. The zero-order valence-electron chi connectivity index (χ0n) is 14.8. The molecule has 3 heterocycles. The maximum atomic E-state index is 12.5. The first-order chi connectivity index (χ1) is 12.0. The Morgan fingerprint density at radius 2 is 2.08 bits per heavy atom. The van der Waals surface area contributed by atoms with E-state index in [-0.39, 0.29) is 17.7 Å². The molecule has 0 bridgehead atoms. The maximum absolute atomic E-state index is 12.5. The molecule has 0 spiro atoms. The van der Waals surface area contributed by atoms with Crippen LogP contribution in [0.2, 0.25) is 0 Å². The lowest BCUT2D eigenvalue weighted by Gasteiger charge is -2.39. The fourth-order valence-corrected chi connectivity index (χ4v) is 3.03. The summed E-state index contributed by atoms with van der Waals surface area (Å²) in [6.07, 6.45) is 4.21. The van der Waals surface area contributed by atoms with Crippen LogP contribution in [0.25, 0.3) is 0 Å². The summed E-state index contributed by atoms with van der Waals surface area (Å²) in [5, 5.41) is 4.20. The summed E-state index contributed by atoms with van der Waals surface area (Å²) in [6.45, 7) is 3.39. The second-order valence-electron chi connectivity index (χ2n) is 6.54. The molecule has 0 unspecified atom stereocenters. The Balaban J connectivity index is 1.49. The molecule has 0 aliphatic carbocycles. The van der Waals surface area contributed by atoms with E-state index in [4.69, 9.17) is 0 Å². The van der Waals surface area contributed by atoms with Crippen molar-refractivity contribution in [3.63, 3.8) is 0 Å². The minimum Gasteiger partial charge on any atom is -0.345 e. The Labute approximate surface area is 147 Å². The number of rotatable bonds is 5. The normalized spacial score (nSPS) is 14.3. The molecule has 0 aromatic carbocycles. The van der Waals surface area contributed by atoms with Crippen LogP contribution in [0, 0.1) is 12.8 Å². The van der Waals surface area contributed by atoms with Crippen LogP contribution in [-0.4, -0.2) is 63.1 Å². The van der Waals surface area contributed by atoms with E-state index in [1.165, 1.54) is 0 Å².